The maximum Gasteiger partial charge on any atom is 0.307 e. The minimum Gasteiger partial charge on any atom is -0.497 e. The summed E-state index contributed by atoms with van der Waals surface area (Å²) in [4.78, 5) is 38.2. The molecule has 0 fully saturated rings. The highest BCUT2D eigenvalue weighted by Gasteiger charge is 2.28. The second kappa shape index (κ2) is 11.8. The van der Waals surface area contributed by atoms with Crippen LogP contribution in [-0.4, -0.2) is 37.4 Å². The number of benzene rings is 2. The molecule has 0 radical (unpaired) electrons. The Hall–Kier alpha value is -3.67. The van der Waals surface area contributed by atoms with Gasteiger partial charge in [-0.3, -0.25) is 14.4 Å². The van der Waals surface area contributed by atoms with Gasteiger partial charge in [-0.05, 0) is 68.3 Å². The van der Waals surface area contributed by atoms with Crippen molar-refractivity contribution in [3.05, 3.63) is 71.8 Å². The molecule has 0 amide bonds. The molecule has 33 heavy (non-hydrogen) atoms. The third kappa shape index (κ3) is 8.77. The van der Waals surface area contributed by atoms with Crippen molar-refractivity contribution in [1.82, 2.24) is 0 Å². The maximum absolute atomic E-state index is 12.9. The molecule has 0 aliphatic rings. The first kappa shape index (κ1) is 25.6. The van der Waals surface area contributed by atoms with Crippen LogP contribution in [0.2, 0.25) is 0 Å². The highest BCUT2D eigenvalue weighted by molar-refractivity contribution is 6.15. The van der Waals surface area contributed by atoms with Crippen molar-refractivity contribution < 1.29 is 28.6 Å². The van der Waals surface area contributed by atoms with E-state index < -0.39 is 29.1 Å². The van der Waals surface area contributed by atoms with Crippen LogP contribution in [0.5, 0.6) is 11.5 Å². The van der Waals surface area contributed by atoms with Crippen LogP contribution in [0.1, 0.15) is 38.3 Å². The lowest BCUT2D eigenvalue weighted by molar-refractivity contribution is -0.157. The molecule has 0 spiro atoms. The fourth-order valence-corrected chi connectivity index (χ4v) is 2.97. The molecule has 174 valence electrons. The van der Waals surface area contributed by atoms with Crippen LogP contribution in [0.4, 0.5) is 0 Å². The number of carbonyl (C=O) groups is 3. The van der Waals surface area contributed by atoms with Gasteiger partial charge >= 0.3 is 5.97 Å². The summed E-state index contributed by atoms with van der Waals surface area (Å²) in [5, 5.41) is 0. The lowest BCUT2D eigenvalue weighted by atomic mass is 9.93. The van der Waals surface area contributed by atoms with Gasteiger partial charge in [0, 0.05) is 0 Å². The minimum atomic E-state index is -1.19. The Balaban J connectivity index is 2.24. The Morgan fingerprint density at radius 2 is 1.27 bits per heavy atom. The monoisotopic (exact) mass is 450 g/mol. The number of rotatable bonds is 10. The maximum atomic E-state index is 12.9. The van der Waals surface area contributed by atoms with E-state index in [4.69, 9.17) is 14.2 Å². The average Bonchev–Trinajstić information content (AvgIpc) is 2.78. The van der Waals surface area contributed by atoms with E-state index in [9.17, 15) is 14.4 Å². The smallest absolute Gasteiger partial charge is 0.307 e. The minimum absolute atomic E-state index is 0.347. The quantitative estimate of drug-likeness (QED) is 0.291. The molecule has 0 bridgehead atoms. The normalized spacial score (nSPS) is 11.7. The SMILES string of the molecule is COc1cccc(/C=C/C(=O)C(CC(=O)OC(C)(C)C)C(=O)/C=C/c2cccc(OC)c2)c1. The Morgan fingerprint density at radius 1 is 0.818 bits per heavy atom. The summed E-state index contributed by atoms with van der Waals surface area (Å²) in [6.07, 6.45) is 5.44. The van der Waals surface area contributed by atoms with Crippen molar-refractivity contribution in [3.63, 3.8) is 0 Å². The van der Waals surface area contributed by atoms with Gasteiger partial charge < -0.3 is 14.2 Å². The van der Waals surface area contributed by atoms with Gasteiger partial charge in [0.25, 0.3) is 0 Å². The van der Waals surface area contributed by atoms with E-state index in [1.54, 1.807) is 95.7 Å². The van der Waals surface area contributed by atoms with Crippen LogP contribution < -0.4 is 9.47 Å². The number of ketones is 2. The van der Waals surface area contributed by atoms with Gasteiger partial charge in [-0.25, -0.2) is 0 Å². The van der Waals surface area contributed by atoms with Gasteiger partial charge in [-0.1, -0.05) is 36.4 Å². The molecule has 6 heteroatoms. The second-order valence-electron chi connectivity index (χ2n) is 8.37. The van der Waals surface area contributed by atoms with Crippen LogP contribution in [0.25, 0.3) is 12.2 Å². The van der Waals surface area contributed by atoms with E-state index in [-0.39, 0.29) is 6.42 Å². The predicted molar refractivity (Wildman–Crippen MR) is 128 cm³/mol. The molecular formula is C27H30O6. The molecule has 0 aliphatic heterocycles. The molecule has 2 aromatic carbocycles. The van der Waals surface area contributed by atoms with E-state index >= 15 is 0 Å². The standard InChI is InChI=1S/C27H30O6/c1-27(2,3)33-26(30)18-23(24(28)14-12-19-8-6-10-21(16-19)31-4)25(29)15-13-20-9-7-11-22(17-20)32-5/h6-17,23H,18H2,1-5H3/b14-12+,15-13+. The zero-order valence-corrected chi connectivity index (χ0v) is 19.7. The summed E-state index contributed by atoms with van der Waals surface area (Å²) in [7, 11) is 3.11. The third-order valence-corrected chi connectivity index (χ3v) is 4.55. The molecule has 0 unspecified atom stereocenters. The summed E-state index contributed by atoms with van der Waals surface area (Å²) in [5.74, 6) is -1.48. The average molecular weight is 451 g/mol. The third-order valence-electron chi connectivity index (χ3n) is 4.55. The molecule has 2 aromatic rings. The highest BCUT2D eigenvalue weighted by atomic mass is 16.6. The van der Waals surface area contributed by atoms with Crippen molar-refractivity contribution in [2.45, 2.75) is 32.8 Å². The Labute approximate surface area is 194 Å². The molecule has 6 nitrogen and oxygen atoms in total. The van der Waals surface area contributed by atoms with E-state index in [1.807, 2.05) is 0 Å². The zero-order valence-electron chi connectivity index (χ0n) is 19.7. The fraction of sp³-hybridized carbons (Fsp3) is 0.296. The number of allylic oxidation sites excluding steroid dienone is 2. The summed E-state index contributed by atoms with van der Waals surface area (Å²) in [6, 6.07) is 14.3. The molecule has 0 saturated heterocycles. The first-order chi connectivity index (χ1) is 15.6. The number of hydrogen-bond donors (Lipinski definition) is 0. The molecule has 0 N–H and O–H groups in total. The van der Waals surface area contributed by atoms with E-state index in [1.165, 1.54) is 12.2 Å². The summed E-state index contributed by atoms with van der Waals surface area (Å²) in [6.45, 7) is 5.19. The van der Waals surface area contributed by atoms with Crippen LogP contribution in [0, 0.1) is 5.92 Å². The van der Waals surface area contributed by atoms with Gasteiger partial charge in [-0.2, -0.15) is 0 Å². The summed E-state index contributed by atoms with van der Waals surface area (Å²) in [5.41, 5.74) is 0.747. The molecule has 0 atom stereocenters. The molecule has 2 rings (SSSR count). The highest BCUT2D eigenvalue weighted by Crippen LogP contribution is 2.19. The predicted octanol–water partition coefficient (Wildman–Crippen LogP) is 4.92. The largest absolute Gasteiger partial charge is 0.497 e. The van der Waals surface area contributed by atoms with E-state index in [0.717, 1.165) is 11.1 Å². The van der Waals surface area contributed by atoms with Gasteiger partial charge in [-0.15, -0.1) is 0 Å². The molecule has 0 aliphatic carbocycles. The van der Waals surface area contributed by atoms with Crippen molar-refractivity contribution in [1.29, 1.82) is 0 Å². The Morgan fingerprint density at radius 3 is 1.67 bits per heavy atom. The second-order valence-corrected chi connectivity index (χ2v) is 8.37. The number of methoxy groups -OCH3 is 2. The van der Waals surface area contributed by atoms with Crippen LogP contribution >= 0.6 is 0 Å². The molecule has 0 aromatic heterocycles. The zero-order chi connectivity index (χ0) is 24.4. The Kier molecular flexibility index (Phi) is 9.16. The summed E-state index contributed by atoms with van der Waals surface area (Å²) >= 11 is 0. The number of carbonyl (C=O) groups excluding carboxylic acids is 3. The van der Waals surface area contributed by atoms with Gasteiger partial charge in [0.05, 0.1) is 26.6 Å². The fourth-order valence-electron chi connectivity index (χ4n) is 2.97. The summed E-state index contributed by atoms with van der Waals surface area (Å²) < 4.78 is 15.7. The number of ether oxygens (including phenoxy) is 3. The Bertz CT molecular complexity index is 973. The van der Waals surface area contributed by atoms with Gasteiger partial charge in [0.1, 0.15) is 17.1 Å². The lowest BCUT2D eigenvalue weighted by Gasteiger charge is -2.20. The van der Waals surface area contributed by atoms with E-state index in [2.05, 4.69) is 0 Å². The van der Waals surface area contributed by atoms with Crippen molar-refractivity contribution in [2.75, 3.05) is 14.2 Å². The van der Waals surface area contributed by atoms with Crippen LogP contribution in [-0.2, 0) is 19.1 Å². The molecule has 0 saturated carbocycles. The molecular weight excluding hydrogens is 420 g/mol. The van der Waals surface area contributed by atoms with Crippen molar-refractivity contribution in [3.8, 4) is 11.5 Å². The first-order valence-corrected chi connectivity index (χ1v) is 10.5. The lowest BCUT2D eigenvalue weighted by Crippen LogP contribution is -2.29. The van der Waals surface area contributed by atoms with Gasteiger partial charge in [0.15, 0.2) is 11.6 Å². The van der Waals surface area contributed by atoms with Crippen molar-refractivity contribution >= 4 is 29.7 Å². The van der Waals surface area contributed by atoms with Crippen molar-refractivity contribution in [2.24, 2.45) is 5.92 Å². The topological polar surface area (TPSA) is 78.9 Å². The molecule has 0 heterocycles. The van der Waals surface area contributed by atoms with Crippen LogP contribution in [0.3, 0.4) is 0 Å². The number of esters is 1. The van der Waals surface area contributed by atoms with Gasteiger partial charge in [0.2, 0.25) is 0 Å². The van der Waals surface area contributed by atoms with E-state index in [0.29, 0.717) is 11.5 Å². The number of hydrogen-bond acceptors (Lipinski definition) is 6. The van der Waals surface area contributed by atoms with Crippen LogP contribution in [0.15, 0.2) is 60.7 Å². The first-order valence-electron chi connectivity index (χ1n) is 10.5.